The number of aromatic nitrogens is 1. The van der Waals surface area contributed by atoms with Crippen LogP contribution in [0.4, 0.5) is 0 Å². The van der Waals surface area contributed by atoms with E-state index >= 15 is 0 Å². The molecule has 3 rings (SSSR count). The molecule has 104 valence electrons. The first-order valence-electron chi connectivity index (χ1n) is 6.49. The molecule has 0 spiro atoms. The van der Waals surface area contributed by atoms with Gasteiger partial charge in [-0.05, 0) is 29.8 Å². The van der Waals surface area contributed by atoms with Crippen LogP contribution in [0, 0.1) is 0 Å². The van der Waals surface area contributed by atoms with E-state index in [1.807, 2.05) is 30.3 Å². The molecule has 0 aliphatic rings. The molecule has 4 heteroatoms. The highest BCUT2D eigenvalue weighted by Crippen LogP contribution is 2.23. The van der Waals surface area contributed by atoms with Crippen molar-refractivity contribution in [2.75, 3.05) is 0 Å². The van der Waals surface area contributed by atoms with Gasteiger partial charge in [-0.3, -0.25) is 4.98 Å². The van der Waals surface area contributed by atoms with E-state index in [9.17, 15) is 4.79 Å². The maximum atomic E-state index is 12.1. The predicted molar refractivity (Wildman–Crippen MR) is 82.3 cm³/mol. The number of rotatable bonds is 3. The van der Waals surface area contributed by atoms with Crippen LogP contribution in [0.25, 0.3) is 10.9 Å². The van der Waals surface area contributed by atoms with Crippen molar-refractivity contribution in [1.82, 2.24) is 4.98 Å². The van der Waals surface area contributed by atoms with E-state index in [4.69, 9.17) is 16.3 Å². The molecule has 3 aromatic rings. The molecule has 0 amide bonds. The lowest BCUT2D eigenvalue weighted by Crippen LogP contribution is -2.05. The fourth-order valence-corrected chi connectivity index (χ4v) is 2.25. The Bertz CT molecular complexity index is 787. The summed E-state index contributed by atoms with van der Waals surface area (Å²) in [6, 6.07) is 16.4. The van der Waals surface area contributed by atoms with Gasteiger partial charge in [0.05, 0.1) is 16.1 Å². The van der Waals surface area contributed by atoms with Crippen LogP contribution in [0.3, 0.4) is 0 Å². The van der Waals surface area contributed by atoms with Gasteiger partial charge in [-0.1, -0.05) is 41.9 Å². The lowest BCUT2D eigenvalue weighted by molar-refractivity contribution is 0.0473. The Morgan fingerprint density at radius 3 is 2.71 bits per heavy atom. The molecule has 0 atom stereocenters. The summed E-state index contributed by atoms with van der Waals surface area (Å²) >= 11 is 6.11. The van der Waals surface area contributed by atoms with E-state index in [2.05, 4.69) is 4.98 Å². The second-order valence-electron chi connectivity index (χ2n) is 4.59. The Balaban J connectivity index is 1.80. The number of halogens is 1. The largest absolute Gasteiger partial charge is 0.457 e. The number of ether oxygens (including phenoxy) is 1. The molecule has 0 radical (unpaired) electrons. The van der Waals surface area contributed by atoms with Crippen LogP contribution in [-0.2, 0) is 11.3 Å². The first-order chi connectivity index (χ1) is 10.2. The second kappa shape index (κ2) is 5.94. The molecule has 1 heterocycles. The number of nitrogens with zero attached hydrogens (tertiary/aromatic N) is 1. The van der Waals surface area contributed by atoms with Gasteiger partial charge in [0.15, 0.2) is 0 Å². The van der Waals surface area contributed by atoms with Crippen LogP contribution in [-0.4, -0.2) is 11.0 Å². The van der Waals surface area contributed by atoms with Crippen molar-refractivity contribution >= 4 is 28.5 Å². The van der Waals surface area contributed by atoms with Crippen LogP contribution >= 0.6 is 11.6 Å². The SMILES string of the molecule is O=C(OCc1ccccc1)c1ccc2nccc(Cl)c2c1. The molecule has 1 aromatic heterocycles. The highest BCUT2D eigenvalue weighted by Gasteiger charge is 2.10. The predicted octanol–water partition coefficient (Wildman–Crippen LogP) is 4.25. The molecule has 0 aliphatic heterocycles. The topological polar surface area (TPSA) is 39.2 Å². The van der Waals surface area contributed by atoms with Crippen molar-refractivity contribution in [2.24, 2.45) is 0 Å². The maximum Gasteiger partial charge on any atom is 0.338 e. The van der Waals surface area contributed by atoms with Gasteiger partial charge < -0.3 is 4.74 Å². The molecule has 0 saturated heterocycles. The summed E-state index contributed by atoms with van der Waals surface area (Å²) in [5.74, 6) is -0.374. The minimum absolute atomic E-state index is 0.248. The standard InChI is InChI=1S/C17H12ClNO2/c18-15-8-9-19-16-7-6-13(10-14(15)16)17(20)21-11-12-4-2-1-3-5-12/h1-10H,11H2. The van der Waals surface area contributed by atoms with E-state index < -0.39 is 0 Å². The number of hydrogen-bond donors (Lipinski definition) is 0. The van der Waals surface area contributed by atoms with Gasteiger partial charge >= 0.3 is 5.97 Å². The third kappa shape index (κ3) is 3.03. The molecule has 0 N–H and O–H groups in total. The third-order valence-electron chi connectivity index (χ3n) is 3.14. The number of esters is 1. The van der Waals surface area contributed by atoms with Gasteiger partial charge in [-0.15, -0.1) is 0 Å². The lowest BCUT2D eigenvalue weighted by Gasteiger charge is -2.06. The van der Waals surface area contributed by atoms with Gasteiger partial charge in [-0.25, -0.2) is 4.79 Å². The summed E-state index contributed by atoms with van der Waals surface area (Å²) in [5, 5.41) is 1.31. The van der Waals surface area contributed by atoms with Gasteiger partial charge in [0, 0.05) is 11.6 Å². The molecule has 0 unspecified atom stereocenters. The van der Waals surface area contributed by atoms with Crippen LogP contribution in [0.5, 0.6) is 0 Å². The van der Waals surface area contributed by atoms with Crippen molar-refractivity contribution in [3.05, 3.63) is 76.9 Å². The Hall–Kier alpha value is -2.39. The van der Waals surface area contributed by atoms with Crippen LogP contribution in [0.2, 0.25) is 5.02 Å². The number of hydrogen-bond acceptors (Lipinski definition) is 3. The minimum Gasteiger partial charge on any atom is -0.457 e. The highest BCUT2D eigenvalue weighted by atomic mass is 35.5. The van der Waals surface area contributed by atoms with Gasteiger partial charge in [-0.2, -0.15) is 0 Å². The summed E-state index contributed by atoms with van der Waals surface area (Å²) in [5.41, 5.74) is 2.17. The average molecular weight is 298 g/mol. The Labute approximate surface area is 127 Å². The molecular weight excluding hydrogens is 286 g/mol. The molecule has 3 nitrogen and oxygen atoms in total. The number of fused-ring (bicyclic) bond motifs is 1. The summed E-state index contributed by atoms with van der Waals surface area (Å²) in [6.45, 7) is 0.248. The normalized spacial score (nSPS) is 10.5. The van der Waals surface area contributed by atoms with Crippen molar-refractivity contribution in [2.45, 2.75) is 6.61 Å². The molecule has 0 saturated carbocycles. The van der Waals surface area contributed by atoms with Crippen molar-refractivity contribution < 1.29 is 9.53 Å². The smallest absolute Gasteiger partial charge is 0.338 e. The molecule has 0 aliphatic carbocycles. The fourth-order valence-electron chi connectivity index (χ4n) is 2.05. The molecular formula is C17H12ClNO2. The third-order valence-corrected chi connectivity index (χ3v) is 3.47. The minimum atomic E-state index is -0.374. The monoisotopic (exact) mass is 297 g/mol. The fraction of sp³-hybridized carbons (Fsp3) is 0.0588. The van der Waals surface area contributed by atoms with E-state index in [1.54, 1.807) is 30.5 Å². The van der Waals surface area contributed by atoms with Gasteiger partial charge in [0.25, 0.3) is 0 Å². The van der Waals surface area contributed by atoms with Gasteiger partial charge in [0.2, 0.25) is 0 Å². The summed E-state index contributed by atoms with van der Waals surface area (Å²) in [7, 11) is 0. The van der Waals surface area contributed by atoms with Crippen molar-refractivity contribution in [1.29, 1.82) is 0 Å². The Kier molecular flexibility index (Phi) is 3.84. The van der Waals surface area contributed by atoms with E-state index in [-0.39, 0.29) is 12.6 Å². The Morgan fingerprint density at radius 2 is 1.90 bits per heavy atom. The quantitative estimate of drug-likeness (QED) is 0.679. The Morgan fingerprint density at radius 1 is 1.10 bits per heavy atom. The zero-order valence-corrected chi connectivity index (χ0v) is 11.9. The van der Waals surface area contributed by atoms with Crippen LogP contribution < -0.4 is 0 Å². The number of carbonyl (C=O) groups excluding carboxylic acids is 1. The summed E-state index contributed by atoms with van der Waals surface area (Å²) < 4.78 is 5.30. The molecule has 2 aromatic carbocycles. The van der Waals surface area contributed by atoms with Gasteiger partial charge in [0.1, 0.15) is 6.61 Å². The van der Waals surface area contributed by atoms with Crippen LogP contribution in [0.15, 0.2) is 60.8 Å². The number of carbonyl (C=O) groups is 1. The molecule has 0 bridgehead atoms. The lowest BCUT2D eigenvalue weighted by atomic mass is 10.1. The first kappa shape index (κ1) is 13.6. The zero-order chi connectivity index (χ0) is 14.7. The van der Waals surface area contributed by atoms with E-state index in [0.29, 0.717) is 10.6 Å². The number of benzene rings is 2. The zero-order valence-electron chi connectivity index (χ0n) is 11.1. The maximum absolute atomic E-state index is 12.1. The number of pyridine rings is 1. The molecule has 21 heavy (non-hydrogen) atoms. The highest BCUT2D eigenvalue weighted by molar-refractivity contribution is 6.35. The van der Waals surface area contributed by atoms with Crippen molar-refractivity contribution in [3.63, 3.8) is 0 Å². The average Bonchev–Trinajstić information content (AvgIpc) is 2.54. The van der Waals surface area contributed by atoms with Crippen molar-refractivity contribution in [3.8, 4) is 0 Å². The second-order valence-corrected chi connectivity index (χ2v) is 4.99. The van der Waals surface area contributed by atoms with Crippen LogP contribution in [0.1, 0.15) is 15.9 Å². The van der Waals surface area contributed by atoms with E-state index in [1.165, 1.54) is 0 Å². The summed E-state index contributed by atoms with van der Waals surface area (Å²) in [4.78, 5) is 16.3. The first-order valence-corrected chi connectivity index (χ1v) is 6.87. The summed E-state index contributed by atoms with van der Waals surface area (Å²) in [6.07, 6.45) is 1.64. The van der Waals surface area contributed by atoms with E-state index in [0.717, 1.165) is 16.5 Å². The molecule has 0 fully saturated rings.